The van der Waals surface area contributed by atoms with Gasteiger partial charge in [-0.25, -0.2) is 0 Å². The van der Waals surface area contributed by atoms with E-state index in [9.17, 15) is 13.2 Å². The number of aromatic nitrogens is 1. The number of hydrogen-bond acceptors (Lipinski definition) is 0. The Morgan fingerprint density at radius 1 is 0.679 bits per heavy atom. The number of hydrogen-bond donors (Lipinski definition) is 0. The van der Waals surface area contributed by atoms with Gasteiger partial charge in [-0.05, 0) is 54.5 Å². The van der Waals surface area contributed by atoms with Gasteiger partial charge in [-0.3, -0.25) is 0 Å². The zero-order valence-corrected chi connectivity index (χ0v) is 15.1. The quantitative estimate of drug-likeness (QED) is 0.363. The topological polar surface area (TPSA) is 4.93 Å². The highest BCUT2D eigenvalue weighted by atomic mass is 19.4. The molecular weight excluding hydrogens is 359 g/mol. The highest BCUT2D eigenvalue weighted by molar-refractivity contribution is 6.09. The van der Waals surface area contributed by atoms with Crippen LogP contribution in [0, 0.1) is 5.41 Å². The Morgan fingerprint density at radius 3 is 1.68 bits per heavy atom. The lowest BCUT2D eigenvalue weighted by Gasteiger charge is -2.71. The first-order valence-electron chi connectivity index (χ1n) is 9.59. The van der Waals surface area contributed by atoms with E-state index in [1.807, 2.05) is 36.4 Å². The van der Waals surface area contributed by atoms with Gasteiger partial charge in [0.25, 0.3) is 0 Å². The van der Waals surface area contributed by atoms with Crippen LogP contribution in [0.25, 0.3) is 27.5 Å². The second-order valence-corrected chi connectivity index (χ2v) is 8.51. The molecule has 0 saturated heterocycles. The molecule has 0 amide bonds. The van der Waals surface area contributed by atoms with Gasteiger partial charge in [0.15, 0.2) is 0 Å². The van der Waals surface area contributed by atoms with E-state index in [2.05, 4.69) is 41.0 Å². The Balaban J connectivity index is 1.41. The van der Waals surface area contributed by atoms with Crippen molar-refractivity contribution in [2.45, 2.75) is 30.9 Å². The second-order valence-electron chi connectivity index (χ2n) is 8.51. The van der Waals surface area contributed by atoms with Gasteiger partial charge in [0.05, 0.1) is 16.4 Å². The van der Waals surface area contributed by atoms with Crippen LogP contribution in [0.4, 0.5) is 13.2 Å². The minimum absolute atomic E-state index is 0.248. The van der Waals surface area contributed by atoms with Crippen molar-refractivity contribution in [3.8, 4) is 5.69 Å². The molecule has 1 heterocycles. The fourth-order valence-electron chi connectivity index (χ4n) is 5.56. The van der Waals surface area contributed by atoms with Crippen LogP contribution in [0.15, 0.2) is 72.8 Å². The maximum absolute atomic E-state index is 13.2. The molecule has 0 spiro atoms. The smallest absolute Gasteiger partial charge is 0.309 e. The van der Waals surface area contributed by atoms with Crippen LogP contribution in [-0.2, 0) is 5.41 Å². The SMILES string of the molecule is FC(F)(F)C12CC(c3ccc(-n4c5ccccc5c5ccccc54)cc3)(C1)C2. The first-order valence-corrected chi connectivity index (χ1v) is 9.59. The van der Waals surface area contributed by atoms with Crippen LogP contribution in [-0.4, -0.2) is 10.7 Å². The lowest BCUT2D eigenvalue weighted by Crippen LogP contribution is -2.70. The molecule has 0 aliphatic heterocycles. The summed E-state index contributed by atoms with van der Waals surface area (Å²) in [7, 11) is 0. The molecule has 4 heteroatoms. The van der Waals surface area contributed by atoms with Gasteiger partial charge in [0.1, 0.15) is 0 Å². The average molecular weight is 377 g/mol. The van der Waals surface area contributed by atoms with Crippen molar-refractivity contribution in [1.29, 1.82) is 0 Å². The standard InChI is InChI=1S/C24H18F3N/c25-24(26,27)23-13-22(14-23,15-23)16-9-11-17(12-10-16)28-20-7-3-1-5-18(20)19-6-2-4-8-21(19)28/h1-12H,13-15H2. The van der Waals surface area contributed by atoms with E-state index >= 15 is 0 Å². The van der Waals surface area contributed by atoms with Crippen molar-refractivity contribution in [1.82, 2.24) is 4.57 Å². The normalized spacial score (nSPS) is 26.2. The third-order valence-electron chi connectivity index (χ3n) is 6.95. The number of rotatable bonds is 2. The van der Waals surface area contributed by atoms with Gasteiger partial charge < -0.3 is 4.57 Å². The van der Waals surface area contributed by atoms with Gasteiger partial charge in [0, 0.05) is 16.5 Å². The molecule has 4 aromatic rings. The largest absolute Gasteiger partial charge is 0.394 e. The van der Waals surface area contributed by atoms with Crippen molar-refractivity contribution >= 4 is 21.8 Å². The molecule has 7 rings (SSSR count). The van der Waals surface area contributed by atoms with E-state index < -0.39 is 11.6 Å². The molecule has 3 aliphatic rings. The summed E-state index contributed by atoms with van der Waals surface area (Å²) in [6.45, 7) is 0. The fourth-order valence-corrected chi connectivity index (χ4v) is 5.56. The third kappa shape index (κ3) is 1.88. The molecule has 3 saturated carbocycles. The van der Waals surface area contributed by atoms with Gasteiger partial charge >= 0.3 is 6.18 Å². The van der Waals surface area contributed by atoms with Crippen LogP contribution >= 0.6 is 0 Å². The Bertz CT molecular complexity index is 1160. The Hall–Kier alpha value is -2.75. The van der Waals surface area contributed by atoms with Crippen LogP contribution in [0.2, 0.25) is 0 Å². The lowest BCUT2D eigenvalue weighted by molar-refractivity contribution is -0.337. The van der Waals surface area contributed by atoms with Crippen LogP contribution in [0.3, 0.4) is 0 Å². The first-order chi connectivity index (χ1) is 13.4. The van der Waals surface area contributed by atoms with Crippen LogP contribution in [0.1, 0.15) is 24.8 Å². The molecular formula is C24H18F3N. The minimum atomic E-state index is -4.06. The van der Waals surface area contributed by atoms with Crippen LogP contribution in [0.5, 0.6) is 0 Å². The van der Waals surface area contributed by atoms with Crippen molar-refractivity contribution < 1.29 is 13.2 Å². The summed E-state index contributed by atoms with van der Waals surface area (Å²) >= 11 is 0. The number of para-hydroxylation sites is 2. The Morgan fingerprint density at radius 2 is 1.18 bits per heavy atom. The zero-order valence-electron chi connectivity index (χ0n) is 15.1. The minimum Gasteiger partial charge on any atom is -0.309 e. The molecule has 0 unspecified atom stereocenters. The Kier molecular flexibility index (Phi) is 2.89. The molecule has 2 bridgehead atoms. The molecule has 0 N–H and O–H groups in total. The van der Waals surface area contributed by atoms with E-state index in [4.69, 9.17) is 0 Å². The zero-order chi connectivity index (χ0) is 19.1. The molecule has 3 fully saturated rings. The summed E-state index contributed by atoms with van der Waals surface area (Å²) in [6, 6.07) is 24.8. The summed E-state index contributed by atoms with van der Waals surface area (Å²) in [5, 5.41) is 2.41. The highest BCUT2D eigenvalue weighted by Gasteiger charge is 2.78. The average Bonchev–Trinajstić information content (AvgIpc) is 2.94. The number of halogens is 3. The first kappa shape index (κ1) is 16.2. The summed E-state index contributed by atoms with van der Waals surface area (Å²) in [5.74, 6) is 0. The molecule has 0 atom stereocenters. The molecule has 0 radical (unpaired) electrons. The molecule has 1 nitrogen and oxygen atoms in total. The monoisotopic (exact) mass is 377 g/mol. The lowest BCUT2D eigenvalue weighted by atomic mass is 9.33. The summed E-state index contributed by atoms with van der Waals surface area (Å²) in [6.07, 6.45) is -3.31. The summed E-state index contributed by atoms with van der Waals surface area (Å²) in [5.41, 5.74) is 2.70. The van der Waals surface area contributed by atoms with E-state index in [1.165, 1.54) is 10.8 Å². The van der Waals surface area contributed by atoms with Crippen molar-refractivity contribution in [2.24, 2.45) is 5.41 Å². The van der Waals surface area contributed by atoms with E-state index in [0.29, 0.717) is 0 Å². The van der Waals surface area contributed by atoms with Crippen LogP contribution < -0.4 is 0 Å². The van der Waals surface area contributed by atoms with Gasteiger partial charge in [0.2, 0.25) is 0 Å². The van der Waals surface area contributed by atoms with Crippen molar-refractivity contribution in [3.05, 3.63) is 78.4 Å². The number of nitrogens with zero attached hydrogens (tertiary/aromatic N) is 1. The fraction of sp³-hybridized carbons (Fsp3) is 0.250. The molecule has 140 valence electrons. The molecule has 28 heavy (non-hydrogen) atoms. The third-order valence-corrected chi connectivity index (χ3v) is 6.95. The van der Waals surface area contributed by atoms with Crippen molar-refractivity contribution in [3.63, 3.8) is 0 Å². The van der Waals surface area contributed by atoms with Gasteiger partial charge in [-0.1, -0.05) is 48.5 Å². The number of fused-ring (bicyclic) bond motifs is 3. The predicted octanol–water partition coefficient (Wildman–Crippen LogP) is 6.77. The predicted molar refractivity (Wildman–Crippen MR) is 105 cm³/mol. The summed E-state index contributed by atoms with van der Waals surface area (Å²) in [4.78, 5) is 0. The van der Waals surface area contributed by atoms with Gasteiger partial charge in [-0.2, -0.15) is 13.2 Å². The molecule has 1 aromatic heterocycles. The van der Waals surface area contributed by atoms with E-state index in [-0.39, 0.29) is 24.7 Å². The summed E-state index contributed by atoms with van der Waals surface area (Å²) < 4.78 is 41.7. The van der Waals surface area contributed by atoms with Gasteiger partial charge in [-0.15, -0.1) is 0 Å². The number of alkyl halides is 3. The van der Waals surface area contributed by atoms with E-state index in [1.54, 1.807) is 0 Å². The van der Waals surface area contributed by atoms with E-state index in [0.717, 1.165) is 22.3 Å². The highest BCUT2D eigenvalue weighted by Crippen LogP contribution is 2.78. The maximum atomic E-state index is 13.2. The Labute approximate surface area is 160 Å². The molecule has 3 aromatic carbocycles. The maximum Gasteiger partial charge on any atom is 0.394 e. The number of benzene rings is 3. The molecule has 3 aliphatic carbocycles. The second kappa shape index (κ2) is 4.99. The van der Waals surface area contributed by atoms with Crippen molar-refractivity contribution in [2.75, 3.05) is 0 Å².